The molecule has 0 aliphatic heterocycles. The molecule has 0 radical (unpaired) electrons. The van der Waals surface area contributed by atoms with E-state index in [2.05, 4.69) is 10.6 Å². The van der Waals surface area contributed by atoms with Gasteiger partial charge in [-0.15, -0.1) is 0 Å². The highest BCUT2D eigenvalue weighted by atomic mass is 32.2. The first-order chi connectivity index (χ1) is 12.5. The molecule has 0 saturated heterocycles. The lowest BCUT2D eigenvalue weighted by molar-refractivity contribution is -0.113. The van der Waals surface area contributed by atoms with Crippen LogP contribution in [0.4, 0.5) is 20.2 Å². The SMILES string of the molecule is N#CC(C#N)=C(Nc1ccccc1F)SCC(=O)Nc1cccc(F)c1. The van der Waals surface area contributed by atoms with Crippen molar-refractivity contribution in [2.24, 2.45) is 0 Å². The molecule has 26 heavy (non-hydrogen) atoms. The second-order valence-electron chi connectivity index (χ2n) is 4.88. The van der Waals surface area contributed by atoms with Crippen molar-refractivity contribution in [2.75, 3.05) is 16.4 Å². The van der Waals surface area contributed by atoms with Gasteiger partial charge in [-0.2, -0.15) is 10.5 Å². The Balaban J connectivity index is 2.09. The molecule has 0 atom stereocenters. The van der Waals surface area contributed by atoms with Crippen LogP contribution in [0.3, 0.4) is 0 Å². The predicted octanol–water partition coefficient (Wildman–Crippen LogP) is 4.01. The van der Waals surface area contributed by atoms with Gasteiger partial charge >= 0.3 is 0 Å². The van der Waals surface area contributed by atoms with Crippen molar-refractivity contribution in [1.82, 2.24) is 0 Å². The fourth-order valence-electron chi connectivity index (χ4n) is 1.88. The van der Waals surface area contributed by atoms with Crippen molar-refractivity contribution >= 4 is 29.0 Å². The third-order valence-corrected chi connectivity index (χ3v) is 4.03. The monoisotopic (exact) mass is 370 g/mol. The first-order valence-corrected chi connectivity index (χ1v) is 8.26. The van der Waals surface area contributed by atoms with Crippen LogP contribution in [-0.4, -0.2) is 11.7 Å². The molecule has 0 spiro atoms. The van der Waals surface area contributed by atoms with Crippen molar-refractivity contribution in [3.63, 3.8) is 0 Å². The maximum absolute atomic E-state index is 13.8. The minimum Gasteiger partial charge on any atom is -0.346 e. The Kier molecular flexibility index (Phi) is 6.72. The Bertz CT molecular complexity index is 915. The standard InChI is InChI=1S/C18H12F2N4OS/c19-13-4-3-5-14(8-13)23-17(25)11-26-18(12(9-21)10-22)24-16-7-2-1-6-15(16)20/h1-8,24H,11H2,(H,23,25). The van der Waals surface area contributed by atoms with Crippen LogP contribution in [0.1, 0.15) is 0 Å². The lowest BCUT2D eigenvalue weighted by Gasteiger charge is -2.11. The highest BCUT2D eigenvalue weighted by molar-refractivity contribution is 8.03. The van der Waals surface area contributed by atoms with Crippen molar-refractivity contribution in [1.29, 1.82) is 10.5 Å². The molecule has 0 aliphatic carbocycles. The number of nitrogens with one attached hydrogen (secondary N) is 2. The summed E-state index contributed by atoms with van der Waals surface area (Å²) >= 11 is 0.865. The van der Waals surface area contributed by atoms with Crippen molar-refractivity contribution in [3.8, 4) is 12.1 Å². The molecule has 130 valence electrons. The van der Waals surface area contributed by atoms with Crippen LogP contribution >= 0.6 is 11.8 Å². The molecule has 0 saturated carbocycles. The average Bonchev–Trinajstić information content (AvgIpc) is 2.62. The Morgan fingerprint density at radius 3 is 2.42 bits per heavy atom. The summed E-state index contributed by atoms with van der Waals surface area (Å²) in [5, 5.41) is 23.3. The summed E-state index contributed by atoms with van der Waals surface area (Å²) in [6.45, 7) is 0. The van der Waals surface area contributed by atoms with Crippen molar-refractivity contribution < 1.29 is 13.6 Å². The van der Waals surface area contributed by atoms with Crippen LogP contribution in [0.15, 0.2) is 59.1 Å². The van der Waals surface area contributed by atoms with Gasteiger partial charge in [0.05, 0.1) is 11.4 Å². The second-order valence-corrected chi connectivity index (χ2v) is 5.87. The number of nitriles is 2. The molecule has 1 amide bonds. The number of carbonyl (C=O) groups excluding carboxylic acids is 1. The van der Waals surface area contributed by atoms with Crippen LogP contribution in [0.2, 0.25) is 0 Å². The zero-order chi connectivity index (χ0) is 18.9. The quantitative estimate of drug-likeness (QED) is 0.750. The maximum Gasteiger partial charge on any atom is 0.234 e. The third kappa shape index (κ3) is 5.33. The van der Waals surface area contributed by atoms with E-state index in [1.807, 2.05) is 0 Å². The number of allylic oxidation sites excluding steroid dienone is 1. The minimum absolute atomic E-state index is 0.0505. The average molecular weight is 370 g/mol. The normalized spacial score (nSPS) is 9.54. The van der Waals surface area contributed by atoms with Gasteiger partial charge in [-0.1, -0.05) is 30.0 Å². The van der Waals surface area contributed by atoms with Gasteiger partial charge in [-0.05, 0) is 30.3 Å². The molecule has 2 rings (SSSR count). The molecular formula is C18H12F2N4OS. The summed E-state index contributed by atoms with van der Waals surface area (Å²) in [7, 11) is 0. The summed E-state index contributed by atoms with van der Waals surface area (Å²) < 4.78 is 26.9. The largest absolute Gasteiger partial charge is 0.346 e. The number of rotatable bonds is 6. The number of nitrogens with zero attached hydrogens (tertiary/aromatic N) is 2. The van der Waals surface area contributed by atoms with E-state index in [4.69, 9.17) is 10.5 Å². The van der Waals surface area contributed by atoms with Gasteiger partial charge < -0.3 is 10.6 Å². The number of hydrogen-bond donors (Lipinski definition) is 2. The molecule has 0 aliphatic rings. The van der Waals surface area contributed by atoms with E-state index in [1.165, 1.54) is 36.4 Å². The van der Waals surface area contributed by atoms with Crippen molar-refractivity contribution in [2.45, 2.75) is 0 Å². The molecule has 0 bridgehead atoms. The number of para-hydroxylation sites is 1. The topological polar surface area (TPSA) is 88.7 Å². The van der Waals surface area contributed by atoms with E-state index in [1.54, 1.807) is 18.2 Å². The molecule has 0 fully saturated rings. The second kappa shape index (κ2) is 9.21. The number of hydrogen-bond acceptors (Lipinski definition) is 5. The van der Waals surface area contributed by atoms with Crippen LogP contribution in [0, 0.1) is 34.3 Å². The molecule has 0 heterocycles. The molecule has 2 N–H and O–H groups in total. The molecule has 2 aromatic rings. The molecule has 0 unspecified atom stereocenters. The van der Waals surface area contributed by atoms with Gasteiger partial charge in [0.25, 0.3) is 0 Å². The Hall–Kier alpha value is -3.36. The van der Waals surface area contributed by atoms with Crippen molar-refractivity contribution in [3.05, 3.63) is 70.8 Å². The highest BCUT2D eigenvalue weighted by Gasteiger charge is 2.13. The number of benzene rings is 2. The van der Waals surface area contributed by atoms with Gasteiger partial charge in [0, 0.05) is 5.69 Å². The zero-order valence-electron chi connectivity index (χ0n) is 13.3. The van der Waals surface area contributed by atoms with E-state index < -0.39 is 17.5 Å². The van der Waals surface area contributed by atoms with Crippen LogP contribution in [0.5, 0.6) is 0 Å². The van der Waals surface area contributed by atoms with E-state index in [9.17, 15) is 13.6 Å². The third-order valence-electron chi connectivity index (χ3n) is 3.03. The number of anilines is 2. The summed E-state index contributed by atoms with van der Waals surface area (Å²) in [5.41, 5.74) is 0.0735. The molecule has 0 aromatic heterocycles. The first kappa shape index (κ1) is 19.0. The summed E-state index contributed by atoms with van der Waals surface area (Å²) in [6.07, 6.45) is 0. The summed E-state index contributed by atoms with van der Waals surface area (Å²) in [5.74, 6) is -1.69. The number of thioether (sulfide) groups is 1. The summed E-state index contributed by atoms with van der Waals surface area (Å²) in [4.78, 5) is 12.0. The van der Waals surface area contributed by atoms with E-state index in [-0.39, 0.29) is 27.7 Å². The Labute approximate surface area is 152 Å². The molecule has 5 nitrogen and oxygen atoms in total. The molecule has 2 aromatic carbocycles. The molecule has 8 heteroatoms. The zero-order valence-corrected chi connectivity index (χ0v) is 14.1. The fraction of sp³-hybridized carbons (Fsp3) is 0.0556. The minimum atomic E-state index is -0.565. The fourth-order valence-corrected chi connectivity index (χ4v) is 2.65. The van der Waals surface area contributed by atoms with E-state index in [0.29, 0.717) is 0 Å². The summed E-state index contributed by atoms with van der Waals surface area (Å²) in [6, 6.07) is 14.5. The highest BCUT2D eigenvalue weighted by Crippen LogP contribution is 2.24. The van der Waals surface area contributed by atoms with Crippen LogP contribution in [0.25, 0.3) is 0 Å². The first-order valence-electron chi connectivity index (χ1n) is 7.27. The van der Waals surface area contributed by atoms with E-state index in [0.717, 1.165) is 17.8 Å². The lowest BCUT2D eigenvalue weighted by atomic mass is 10.3. The lowest BCUT2D eigenvalue weighted by Crippen LogP contribution is -2.15. The van der Waals surface area contributed by atoms with E-state index >= 15 is 0 Å². The van der Waals surface area contributed by atoms with Gasteiger partial charge in [0.1, 0.15) is 28.8 Å². The van der Waals surface area contributed by atoms with Gasteiger partial charge in [0.15, 0.2) is 5.57 Å². The Morgan fingerprint density at radius 2 is 1.77 bits per heavy atom. The van der Waals surface area contributed by atoms with Crippen LogP contribution < -0.4 is 10.6 Å². The number of halogens is 2. The molecular weight excluding hydrogens is 358 g/mol. The number of amides is 1. The van der Waals surface area contributed by atoms with Crippen LogP contribution in [-0.2, 0) is 4.79 Å². The number of carbonyl (C=O) groups is 1. The smallest absolute Gasteiger partial charge is 0.234 e. The maximum atomic E-state index is 13.8. The predicted molar refractivity (Wildman–Crippen MR) is 95.8 cm³/mol. The van der Waals surface area contributed by atoms with Gasteiger partial charge in [-0.25, -0.2) is 8.78 Å². The van der Waals surface area contributed by atoms with Gasteiger partial charge in [0.2, 0.25) is 5.91 Å². The Morgan fingerprint density at radius 1 is 1.04 bits per heavy atom. The van der Waals surface area contributed by atoms with Gasteiger partial charge in [-0.3, -0.25) is 4.79 Å².